The highest BCUT2D eigenvalue weighted by Crippen LogP contribution is 2.18. The average molecular weight is 237 g/mol. The first kappa shape index (κ1) is 12.1. The van der Waals surface area contributed by atoms with Gasteiger partial charge in [0.1, 0.15) is 5.76 Å². The highest BCUT2D eigenvalue weighted by Gasteiger charge is 2.14. The van der Waals surface area contributed by atoms with Crippen molar-refractivity contribution in [2.24, 2.45) is 5.92 Å². The number of nitrogens with one attached hydrogen (secondary N) is 2. The molecule has 1 saturated heterocycles. The number of carbonyl (C=O) groups excluding carboxylic acids is 1. The fraction of sp³-hybridized carbons (Fsp3) is 0.667. The number of aromatic nitrogens is 1. The number of nitrogens with zero attached hydrogens (tertiary/aromatic N) is 1. The van der Waals surface area contributed by atoms with Gasteiger partial charge in [0, 0.05) is 12.5 Å². The normalized spacial score (nSPS) is 17.0. The summed E-state index contributed by atoms with van der Waals surface area (Å²) in [4.78, 5) is 11.7. The van der Waals surface area contributed by atoms with Crippen LogP contribution in [-0.4, -0.2) is 24.2 Å². The maximum Gasteiger partial charge on any atom is 0.225 e. The van der Waals surface area contributed by atoms with Gasteiger partial charge in [-0.1, -0.05) is 5.16 Å². The second kappa shape index (κ2) is 5.82. The van der Waals surface area contributed by atoms with Crippen LogP contribution in [0.5, 0.6) is 0 Å². The number of anilines is 1. The molecule has 0 radical (unpaired) electrons. The van der Waals surface area contributed by atoms with E-state index < -0.39 is 0 Å². The molecule has 0 aliphatic carbocycles. The van der Waals surface area contributed by atoms with E-state index in [2.05, 4.69) is 15.8 Å². The van der Waals surface area contributed by atoms with Crippen molar-refractivity contribution < 1.29 is 9.32 Å². The predicted octanol–water partition coefficient (Wildman–Crippen LogP) is 1.70. The lowest BCUT2D eigenvalue weighted by atomic mass is 9.93. The summed E-state index contributed by atoms with van der Waals surface area (Å²) in [7, 11) is 0. The minimum Gasteiger partial charge on any atom is -0.360 e. The van der Waals surface area contributed by atoms with Crippen molar-refractivity contribution in [1.82, 2.24) is 10.5 Å². The molecule has 0 bridgehead atoms. The molecule has 1 aliphatic heterocycles. The van der Waals surface area contributed by atoms with Gasteiger partial charge >= 0.3 is 0 Å². The molecule has 1 aliphatic rings. The maximum absolute atomic E-state index is 11.7. The van der Waals surface area contributed by atoms with E-state index in [0.717, 1.165) is 19.5 Å². The summed E-state index contributed by atoms with van der Waals surface area (Å²) in [5, 5.41) is 9.80. The number of aryl methyl sites for hydroxylation is 1. The molecular formula is C12H19N3O2. The van der Waals surface area contributed by atoms with Crippen LogP contribution in [0.1, 0.15) is 31.4 Å². The van der Waals surface area contributed by atoms with E-state index in [9.17, 15) is 4.79 Å². The highest BCUT2D eigenvalue weighted by atomic mass is 16.5. The van der Waals surface area contributed by atoms with Crippen molar-refractivity contribution in [3.63, 3.8) is 0 Å². The molecule has 1 fully saturated rings. The van der Waals surface area contributed by atoms with E-state index in [1.807, 2.05) is 0 Å². The molecule has 0 aromatic carbocycles. The molecule has 1 amide bonds. The summed E-state index contributed by atoms with van der Waals surface area (Å²) in [5.74, 6) is 1.93. The van der Waals surface area contributed by atoms with Crippen molar-refractivity contribution in [2.75, 3.05) is 18.4 Å². The molecule has 2 rings (SSSR count). The van der Waals surface area contributed by atoms with E-state index >= 15 is 0 Å². The minimum atomic E-state index is 0.0248. The first-order valence-electron chi connectivity index (χ1n) is 6.18. The van der Waals surface area contributed by atoms with Gasteiger partial charge in [-0.15, -0.1) is 0 Å². The number of amides is 1. The minimum absolute atomic E-state index is 0.0248. The molecule has 2 N–H and O–H groups in total. The van der Waals surface area contributed by atoms with Crippen molar-refractivity contribution in [2.45, 2.75) is 32.6 Å². The van der Waals surface area contributed by atoms with Crippen LogP contribution < -0.4 is 10.6 Å². The second-order valence-corrected chi connectivity index (χ2v) is 4.60. The third-order valence-electron chi connectivity index (χ3n) is 3.13. The second-order valence-electron chi connectivity index (χ2n) is 4.60. The van der Waals surface area contributed by atoms with Gasteiger partial charge in [-0.2, -0.15) is 0 Å². The first-order chi connectivity index (χ1) is 8.24. The largest absolute Gasteiger partial charge is 0.360 e. The average Bonchev–Trinajstić information content (AvgIpc) is 2.73. The van der Waals surface area contributed by atoms with E-state index in [4.69, 9.17) is 4.52 Å². The number of rotatable bonds is 4. The van der Waals surface area contributed by atoms with E-state index in [0.29, 0.717) is 23.9 Å². The number of piperidine rings is 1. The zero-order valence-corrected chi connectivity index (χ0v) is 10.2. The number of hydrogen-bond acceptors (Lipinski definition) is 4. The van der Waals surface area contributed by atoms with Gasteiger partial charge in [-0.3, -0.25) is 4.79 Å². The summed E-state index contributed by atoms with van der Waals surface area (Å²) in [6.45, 7) is 3.96. The Kier molecular flexibility index (Phi) is 4.14. The predicted molar refractivity (Wildman–Crippen MR) is 64.7 cm³/mol. The lowest BCUT2D eigenvalue weighted by Crippen LogP contribution is -2.28. The SMILES string of the molecule is Cc1cc(NC(=O)CCC2CCNCC2)no1. The van der Waals surface area contributed by atoms with Crippen molar-refractivity contribution in [3.05, 3.63) is 11.8 Å². The molecule has 17 heavy (non-hydrogen) atoms. The highest BCUT2D eigenvalue weighted by molar-refractivity contribution is 5.89. The Labute approximate surface area is 101 Å². The molecule has 5 nitrogen and oxygen atoms in total. The lowest BCUT2D eigenvalue weighted by molar-refractivity contribution is -0.116. The third-order valence-corrected chi connectivity index (χ3v) is 3.13. The fourth-order valence-electron chi connectivity index (χ4n) is 2.14. The van der Waals surface area contributed by atoms with Crippen LogP contribution in [0.3, 0.4) is 0 Å². The Morgan fingerprint density at radius 3 is 3.00 bits per heavy atom. The Morgan fingerprint density at radius 1 is 1.59 bits per heavy atom. The van der Waals surface area contributed by atoms with E-state index in [1.165, 1.54) is 12.8 Å². The monoisotopic (exact) mass is 237 g/mol. The summed E-state index contributed by atoms with van der Waals surface area (Å²) in [6, 6.07) is 1.72. The van der Waals surface area contributed by atoms with Crippen LogP contribution in [0.2, 0.25) is 0 Å². The topological polar surface area (TPSA) is 67.2 Å². The standard InChI is InChI=1S/C12H19N3O2/c1-9-8-11(15-17-9)14-12(16)3-2-10-4-6-13-7-5-10/h8,10,13H,2-7H2,1H3,(H,14,15,16). The van der Waals surface area contributed by atoms with Gasteiger partial charge in [0.25, 0.3) is 0 Å². The number of carbonyl (C=O) groups is 1. The zero-order valence-electron chi connectivity index (χ0n) is 10.2. The van der Waals surface area contributed by atoms with Gasteiger partial charge in [0.05, 0.1) is 0 Å². The van der Waals surface area contributed by atoms with Crippen molar-refractivity contribution >= 4 is 11.7 Å². The molecule has 0 spiro atoms. The molecule has 1 aromatic heterocycles. The molecule has 5 heteroatoms. The quantitative estimate of drug-likeness (QED) is 0.836. The molecule has 94 valence electrons. The van der Waals surface area contributed by atoms with Crippen LogP contribution in [-0.2, 0) is 4.79 Å². The van der Waals surface area contributed by atoms with E-state index in [-0.39, 0.29) is 5.91 Å². The summed E-state index contributed by atoms with van der Waals surface area (Å²) < 4.78 is 4.89. The number of hydrogen-bond donors (Lipinski definition) is 2. The Morgan fingerprint density at radius 2 is 2.35 bits per heavy atom. The van der Waals surface area contributed by atoms with E-state index in [1.54, 1.807) is 13.0 Å². The summed E-state index contributed by atoms with van der Waals surface area (Å²) >= 11 is 0. The first-order valence-corrected chi connectivity index (χ1v) is 6.18. The zero-order chi connectivity index (χ0) is 12.1. The van der Waals surface area contributed by atoms with Gasteiger partial charge in [-0.05, 0) is 45.2 Å². The van der Waals surface area contributed by atoms with Crippen LogP contribution in [0.4, 0.5) is 5.82 Å². The third kappa shape index (κ3) is 3.85. The summed E-state index contributed by atoms with van der Waals surface area (Å²) in [5.41, 5.74) is 0. The Balaban J connectivity index is 1.70. The lowest BCUT2D eigenvalue weighted by Gasteiger charge is -2.21. The maximum atomic E-state index is 11.7. The van der Waals surface area contributed by atoms with Crippen LogP contribution in [0.25, 0.3) is 0 Å². The van der Waals surface area contributed by atoms with Gasteiger partial charge in [0.2, 0.25) is 5.91 Å². The van der Waals surface area contributed by atoms with Crippen molar-refractivity contribution in [1.29, 1.82) is 0 Å². The van der Waals surface area contributed by atoms with Gasteiger partial charge < -0.3 is 15.2 Å². The van der Waals surface area contributed by atoms with Crippen LogP contribution in [0.15, 0.2) is 10.6 Å². The summed E-state index contributed by atoms with van der Waals surface area (Å²) in [6.07, 6.45) is 3.88. The molecule has 2 heterocycles. The fourth-order valence-corrected chi connectivity index (χ4v) is 2.14. The van der Waals surface area contributed by atoms with Crippen molar-refractivity contribution in [3.8, 4) is 0 Å². The molecule has 0 saturated carbocycles. The molecule has 1 aromatic rings. The van der Waals surface area contributed by atoms with Gasteiger partial charge in [0.15, 0.2) is 5.82 Å². The smallest absolute Gasteiger partial charge is 0.225 e. The Hall–Kier alpha value is -1.36. The molecule has 0 atom stereocenters. The van der Waals surface area contributed by atoms with Crippen LogP contribution in [0, 0.1) is 12.8 Å². The van der Waals surface area contributed by atoms with Crippen LogP contribution >= 0.6 is 0 Å². The molecular weight excluding hydrogens is 218 g/mol. The molecule has 0 unspecified atom stereocenters. The Bertz CT molecular complexity index is 370. The van der Waals surface area contributed by atoms with Gasteiger partial charge in [-0.25, -0.2) is 0 Å².